The molecule has 4 nitrogen and oxygen atoms in total. The Labute approximate surface area is 142 Å². The fraction of sp³-hybridized carbons (Fsp3) is 0.300. The van der Waals surface area contributed by atoms with Crippen LogP contribution < -0.4 is 5.32 Å². The number of carboxylic acids is 1. The SMILES string of the molecule is Cc1ccc(CC(=O)N[C@H](CCc2ccccc2)CC(=O)O)cc1. The Balaban J connectivity index is 1.90. The summed E-state index contributed by atoms with van der Waals surface area (Å²) in [5, 5.41) is 11.9. The summed E-state index contributed by atoms with van der Waals surface area (Å²) in [4.78, 5) is 23.2. The van der Waals surface area contributed by atoms with Crippen LogP contribution in [0.25, 0.3) is 0 Å². The Morgan fingerprint density at radius 1 is 1.00 bits per heavy atom. The first kappa shape index (κ1) is 17.7. The maximum absolute atomic E-state index is 12.2. The van der Waals surface area contributed by atoms with E-state index < -0.39 is 5.97 Å². The molecule has 1 amide bonds. The molecule has 0 aliphatic rings. The number of hydrogen-bond donors (Lipinski definition) is 2. The van der Waals surface area contributed by atoms with Gasteiger partial charge in [-0.15, -0.1) is 0 Å². The first-order valence-electron chi connectivity index (χ1n) is 8.13. The van der Waals surface area contributed by atoms with E-state index in [9.17, 15) is 9.59 Å². The summed E-state index contributed by atoms with van der Waals surface area (Å²) < 4.78 is 0. The van der Waals surface area contributed by atoms with E-state index in [1.54, 1.807) is 0 Å². The number of carboxylic acid groups (broad SMARTS) is 1. The van der Waals surface area contributed by atoms with Crippen molar-refractivity contribution >= 4 is 11.9 Å². The highest BCUT2D eigenvalue weighted by Gasteiger charge is 2.16. The molecular weight excluding hydrogens is 302 g/mol. The van der Waals surface area contributed by atoms with Gasteiger partial charge < -0.3 is 10.4 Å². The molecule has 0 saturated heterocycles. The normalized spacial score (nSPS) is 11.7. The topological polar surface area (TPSA) is 66.4 Å². The van der Waals surface area contributed by atoms with E-state index in [-0.39, 0.29) is 24.8 Å². The maximum atomic E-state index is 12.2. The van der Waals surface area contributed by atoms with Crippen molar-refractivity contribution in [1.82, 2.24) is 5.32 Å². The molecule has 0 fully saturated rings. The summed E-state index contributed by atoms with van der Waals surface area (Å²) in [6.07, 6.45) is 1.55. The van der Waals surface area contributed by atoms with Crippen LogP contribution in [0, 0.1) is 6.92 Å². The van der Waals surface area contributed by atoms with Crippen LogP contribution in [0.2, 0.25) is 0 Å². The Morgan fingerprint density at radius 3 is 2.29 bits per heavy atom. The molecule has 0 saturated carbocycles. The third kappa shape index (κ3) is 6.24. The van der Waals surface area contributed by atoms with Gasteiger partial charge in [-0.25, -0.2) is 0 Å². The van der Waals surface area contributed by atoms with Gasteiger partial charge in [0.25, 0.3) is 0 Å². The predicted octanol–water partition coefficient (Wildman–Crippen LogP) is 3.13. The monoisotopic (exact) mass is 325 g/mol. The lowest BCUT2D eigenvalue weighted by Gasteiger charge is -2.17. The van der Waals surface area contributed by atoms with Crippen LogP contribution in [-0.4, -0.2) is 23.0 Å². The number of hydrogen-bond acceptors (Lipinski definition) is 2. The predicted molar refractivity (Wildman–Crippen MR) is 93.8 cm³/mol. The summed E-state index contributed by atoms with van der Waals surface area (Å²) in [7, 11) is 0. The molecule has 0 spiro atoms. The van der Waals surface area contributed by atoms with Crippen LogP contribution in [-0.2, 0) is 22.4 Å². The van der Waals surface area contributed by atoms with Crippen LogP contribution in [0.1, 0.15) is 29.5 Å². The first-order valence-corrected chi connectivity index (χ1v) is 8.13. The van der Waals surface area contributed by atoms with E-state index in [2.05, 4.69) is 5.32 Å². The zero-order valence-electron chi connectivity index (χ0n) is 13.9. The molecule has 2 N–H and O–H groups in total. The maximum Gasteiger partial charge on any atom is 0.305 e. The van der Waals surface area contributed by atoms with Crippen LogP contribution in [0.4, 0.5) is 0 Å². The summed E-state index contributed by atoms with van der Waals surface area (Å²) in [6, 6.07) is 17.3. The largest absolute Gasteiger partial charge is 0.481 e. The molecule has 0 aliphatic heterocycles. The van der Waals surface area contributed by atoms with Gasteiger partial charge in [-0.1, -0.05) is 60.2 Å². The molecule has 0 unspecified atom stereocenters. The minimum absolute atomic E-state index is 0.0630. The van der Waals surface area contributed by atoms with Gasteiger partial charge in [0.05, 0.1) is 12.8 Å². The molecule has 2 rings (SSSR count). The van der Waals surface area contributed by atoms with Gasteiger partial charge in [0.15, 0.2) is 0 Å². The van der Waals surface area contributed by atoms with Crippen molar-refractivity contribution in [2.45, 2.75) is 38.6 Å². The van der Waals surface area contributed by atoms with Gasteiger partial charge in [0, 0.05) is 6.04 Å². The minimum Gasteiger partial charge on any atom is -0.481 e. The van der Waals surface area contributed by atoms with Crippen molar-refractivity contribution < 1.29 is 14.7 Å². The van der Waals surface area contributed by atoms with E-state index in [1.807, 2.05) is 61.5 Å². The number of nitrogens with one attached hydrogen (secondary N) is 1. The zero-order chi connectivity index (χ0) is 17.4. The Morgan fingerprint density at radius 2 is 1.67 bits per heavy atom. The molecule has 2 aromatic carbocycles. The number of rotatable bonds is 8. The molecule has 0 aromatic heterocycles. The zero-order valence-corrected chi connectivity index (χ0v) is 13.9. The lowest BCUT2D eigenvalue weighted by Crippen LogP contribution is -2.37. The number of carbonyl (C=O) groups is 2. The number of aliphatic carboxylic acids is 1. The van der Waals surface area contributed by atoms with Crippen molar-refractivity contribution in [2.75, 3.05) is 0 Å². The second kappa shape index (κ2) is 8.87. The first-order chi connectivity index (χ1) is 11.5. The van der Waals surface area contributed by atoms with Crippen molar-refractivity contribution in [3.8, 4) is 0 Å². The van der Waals surface area contributed by atoms with E-state index in [4.69, 9.17) is 5.11 Å². The lowest BCUT2D eigenvalue weighted by atomic mass is 10.0. The van der Waals surface area contributed by atoms with Gasteiger partial charge in [0.2, 0.25) is 5.91 Å². The third-order valence-electron chi connectivity index (χ3n) is 3.90. The van der Waals surface area contributed by atoms with Crippen LogP contribution in [0.3, 0.4) is 0 Å². The van der Waals surface area contributed by atoms with Crippen LogP contribution >= 0.6 is 0 Å². The van der Waals surface area contributed by atoms with Crippen LogP contribution in [0.15, 0.2) is 54.6 Å². The van der Waals surface area contributed by atoms with Gasteiger partial charge in [-0.3, -0.25) is 9.59 Å². The standard InChI is InChI=1S/C20H23NO3/c1-15-7-9-17(10-8-15)13-19(22)21-18(14-20(23)24)12-11-16-5-3-2-4-6-16/h2-10,18H,11-14H2,1H3,(H,21,22)(H,23,24)/t18-/m1/s1. The molecule has 24 heavy (non-hydrogen) atoms. The third-order valence-corrected chi connectivity index (χ3v) is 3.90. The second-order valence-corrected chi connectivity index (χ2v) is 6.05. The highest BCUT2D eigenvalue weighted by atomic mass is 16.4. The average Bonchev–Trinajstić information content (AvgIpc) is 2.55. The molecule has 4 heteroatoms. The summed E-state index contributed by atoms with van der Waals surface area (Å²) in [5.41, 5.74) is 3.21. The lowest BCUT2D eigenvalue weighted by molar-refractivity contribution is -0.137. The van der Waals surface area contributed by atoms with Gasteiger partial charge >= 0.3 is 5.97 Å². The number of amides is 1. The van der Waals surface area contributed by atoms with Crippen LogP contribution in [0.5, 0.6) is 0 Å². The van der Waals surface area contributed by atoms with E-state index in [0.29, 0.717) is 6.42 Å². The molecule has 0 aliphatic carbocycles. The fourth-order valence-corrected chi connectivity index (χ4v) is 2.59. The number of benzene rings is 2. The number of carbonyl (C=O) groups excluding carboxylic acids is 1. The minimum atomic E-state index is -0.899. The molecule has 0 bridgehead atoms. The van der Waals surface area contributed by atoms with Gasteiger partial charge in [-0.2, -0.15) is 0 Å². The van der Waals surface area contributed by atoms with Crippen molar-refractivity contribution in [2.24, 2.45) is 0 Å². The fourth-order valence-electron chi connectivity index (χ4n) is 2.59. The molecule has 1 atom stereocenters. The quantitative estimate of drug-likeness (QED) is 0.783. The van der Waals surface area contributed by atoms with Crippen molar-refractivity contribution in [1.29, 1.82) is 0 Å². The molecular formula is C20H23NO3. The Bertz CT molecular complexity index is 665. The average molecular weight is 325 g/mol. The van der Waals surface area contributed by atoms with Crippen molar-refractivity contribution in [3.05, 3.63) is 71.3 Å². The van der Waals surface area contributed by atoms with Gasteiger partial charge in [-0.05, 0) is 30.9 Å². The summed E-state index contributed by atoms with van der Waals surface area (Å²) in [6.45, 7) is 2.00. The summed E-state index contributed by atoms with van der Waals surface area (Å²) >= 11 is 0. The second-order valence-electron chi connectivity index (χ2n) is 6.05. The van der Waals surface area contributed by atoms with Gasteiger partial charge in [0.1, 0.15) is 0 Å². The van der Waals surface area contributed by atoms with E-state index in [0.717, 1.165) is 23.1 Å². The molecule has 0 radical (unpaired) electrons. The van der Waals surface area contributed by atoms with E-state index >= 15 is 0 Å². The highest BCUT2D eigenvalue weighted by Crippen LogP contribution is 2.09. The Hall–Kier alpha value is -2.62. The van der Waals surface area contributed by atoms with E-state index in [1.165, 1.54) is 0 Å². The summed E-state index contributed by atoms with van der Waals surface area (Å²) in [5.74, 6) is -1.04. The number of aryl methyl sites for hydroxylation is 2. The molecule has 126 valence electrons. The van der Waals surface area contributed by atoms with Crippen molar-refractivity contribution in [3.63, 3.8) is 0 Å². The molecule has 2 aromatic rings. The smallest absolute Gasteiger partial charge is 0.305 e. The molecule has 0 heterocycles. The Kier molecular flexibility index (Phi) is 6.55. The highest BCUT2D eigenvalue weighted by molar-refractivity contribution is 5.79.